The van der Waals surface area contributed by atoms with Gasteiger partial charge in [-0.05, 0) is 49.4 Å². The molecule has 4 heteroatoms. The molecule has 0 amide bonds. The third-order valence-electron chi connectivity index (χ3n) is 3.05. The van der Waals surface area contributed by atoms with Crippen LogP contribution in [0.4, 0.5) is 0 Å². The van der Waals surface area contributed by atoms with Gasteiger partial charge in [0.2, 0.25) is 5.88 Å². The van der Waals surface area contributed by atoms with Crippen LogP contribution in [0.1, 0.15) is 12.4 Å². The maximum absolute atomic E-state index is 7.81. The fourth-order valence-electron chi connectivity index (χ4n) is 1.94. The van der Waals surface area contributed by atoms with E-state index in [0.717, 1.165) is 5.75 Å². The first-order valence-electron chi connectivity index (χ1n) is 9.51. The first kappa shape index (κ1) is 11.5. The average Bonchev–Trinajstić information content (AvgIpc) is 2.71. The van der Waals surface area contributed by atoms with Crippen LogP contribution in [0.2, 0.25) is 0 Å². The van der Waals surface area contributed by atoms with E-state index < -0.39 is 12.3 Å². The number of aromatic nitrogens is 1. The molecular weight excluding hydrogens is 302 g/mol. The first-order valence-corrected chi connectivity index (χ1v) is 7.51. The molecule has 1 aromatic heterocycles. The SMILES string of the molecule is [2H]c1nc(OC(C)COc2ccc(Oc3ccccc3)cc2)c([2H])c([2H])c1[2H]. The molecule has 0 radical (unpaired) electrons. The van der Waals surface area contributed by atoms with Crippen molar-refractivity contribution in [2.75, 3.05) is 6.61 Å². The molecule has 24 heavy (non-hydrogen) atoms. The Morgan fingerprint density at radius 2 is 1.67 bits per heavy atom. The van der Waals surface area contributed by atoms with E-state index in [1.54, 1.807) is 31.2 Å². The minimum absolute atomic E-state index is 0.145. The molecule has 4 nitrogen and oxygen atoms in total. The molecule has 0 aliphatic carbocycles. The van der Waals surface area contributed by atoms with E-state index in [0.29, 0.717) is 11.5 Å². The van der Waals surface area contributed by atoms with Crippen LogP contribution in [-0.2, 0) is 0 Å². The molecule has 1 unspecified atom stereocenters. The highest BCUT2D eigenvalue weighted by Gasteiger charge is 2.06. The molecule has 0 fully saturated rings. The van der Waals surface area contributed by atoms with Crippen molar-refractivity contribution in [1.29, 1.82) is 0 Å². The number of ether oxygens (including phenoxy) is 3. The maximum Gasteiger partial charge on any atom is 0.213 e. The fourth-order valence-corrected chi connectivity index (χ4v) is 1.94. The van der Waals surface area contributed by atoms with Gasteiger partial charge in [0, 0.05) is 12.2 Å². The van der Waals surface area contributed by atoms with Gasteiger partial charge in [0.05, 0.1) is 5.48 Å². The summed E-state index contributed by atoms with van der Waals surface area (Å²) in [6.45, 7) is 1.92. The van der Waals surface area contributed by atoms with Crippen LogP contribution in [0, 0.1) is 0 Å². The van der Waals surface area contributed by atoms with Crippen molar-refractivity contribution < 1.29 is 19.7 Å². The highest BCUT2D eigenvalue weighted by molar-refractivity contribution is 5.35. The Kier molecular flexibility index (Phi) is 3.85. The van der Waals surface area contributed by atoms with Gasteiger partial charge < -0.3 is 14.2 Å². The van der Waals surface area contributed by atoms with E-state index in [2.05, 4.69) is 4.98 Å². The van der Waals surface area contributed by atoms with Gasteiger partial charge in [-0.3, -0.25) is 0 Å². The van der Waals surface area contributed by atoms with Crippen LogP contribution < -0.4 is 14.2 Å². The van der Waals surface area contributed by atoms with Crippen LogP contribution in [0.5, 0.6) is 23.1 Å². The minimum Gasteiger partial charge on any atom is -0.490 e. The number of rotatable bonds is 7. The second kappa shape index (κ2) is 8.02. The summed E-state index contributed by atoms with van der Waals surface area (Å²) < 4.78 is 47.4. The molecule has 2 aromatic carbocycles. The van der Waals surface area contributed by atoms with Crippen molar-refractivity contribution >= 4 is 0 Å². The highest BCUT2D eigenvalue weighted by Crippen LogP contribution is 2.23. The summed E-state index contributed by atoms with van der Waals surface area (Å²) in [5, 5.41) is 0. The minimum atomic E-state index is -0.466. The molecule has 1 heterocycles. The number of hydrogen-bond donors (Lipinski definition) is 0. The second-order valence-corrected chi connectivity index (χ2v) is 5.03. The van der Waals surface area contributed by atoms with Crippen molar-refractivity contribution in [3.63, 3.8) is 0 Å². The molecule has 0 aliphatic heterocycles. The van der Waals surface area contributed by atoms with Gasteiger partial charge in [-0.25, -0.2) is 4.98 Å². The maximum atomic E-state index is 7.81. The normalized spacial score (nSPS) is 13.9. The van der Waals surface area contributed by atoms with Crippen LogP contribution >= 0.6 is 0 Å². The number of benzene rings is 2. The summed E-state index contributed by atoms with van der Waals surface area (Å²) in [6.07, 6.45) is -0.856. The van der Waals surface area contributed by atoms with Gasteiger partial charge in [0.25, 0.3) is 0 Å². The van der Waals surface area contributed by atoms with Crippen molar-refractivity contribution in [3.8, 4) is 23.1 Å². The van der Waals surface area contributed by atoms with Gasteiger partial charge in [-0.15, -0.1) is 0 Å². The van der Waals surface area contributed by atoms with Crippen molar-refractivity contribution in [2.45, 2.75) is 13.0 Å². The lowest BCUT2D eigenvalue weighted by atomic mass is 10.3. The Bertz CT molecular complexity index is 936. The molecule has 3 rings (SSSR count). The predicted octanol–water partition coefficient (Wildman–Crippen LogP) is 4.72. The van der Waals surface area contributed by atoms with E-state index in [1.165, 1.54) is 0 Å². The molecular formula is C20H19NO3. The third kappa shape index (κ3) is 4.74. The molecule has 0 spiro atoms. The van der Waals surface area contributed by atoms with Crippen molar-refractivity contribution in [2.24, 2.45) is 0 Å². The van der Waals surface area contributed by atoms with Crippen LogP contribution in [0.25, 0.3) is 0 Å². The Morgan fingerprint density at radius 3 is 2.46 bits per heavy atom. The van der Waals surface area contributed by atoms with Crippen molar-refractivity contribution in [1.82, 2.24) is 4.98 Å². The van der Waals surface area contributed by atoms with Crippen LogP contribution in [-0.4, -0.2) is 17.7 Å². The van der Waals surface area contributed by atoms with E-state index >= 15 is 0 Å². The zero-order valence-electron chi connectivity index (χ0n) is 17.2. The summed E-state index contributed by atoms with van der Waals surface area (Å²) in [5.74, 6) is 1.91. The number of hydrogen-bond acceptors (Lipinski definition) is 4. The number of pyridine rings is 1. The highest BCUT2D eigenvalue weighted by atomic mass is 16.5. The standard InChI is InChI=1S/C20H19NO3/c1-16(23-20-9-5-6-14-21-20)15-22-17-10-12-19(13-11-17)24-18-7-3-2-4-8-18/h2-14,16H,15H2,1H3/i5D,6D,9D,14D. The van der Waals surface area contributed by atoms with E-state index in [-0.39, 0.29) is 30.6 Å². The largest absolute Gasteiger partial charge is 0.490 e. The van der Waals surface area contributed by atoms with Crippen LogP contribution in [0.15, 0.2) is 78.9 Å². The molecule has 122 valence electrons. The number of para-hydroxylation sites is 1. The van der Waals surface area contributed by atoms with E-state index in [9.17, 15) is 0 Å². The number of nitrogens with zero attached hydrogens (tertiary/aromatic N) is 1. The zero-order valence-corrected chi connectivity index (χ0v) is 13.2. The lowest BCUT2D eigenvalue weighted by Gasteiger charge is -2.15. The molecule has 3 aromatic rings. The predicted molar refractivity (Wildman–Crippen MR) is 92.8 cm³/mol. The van der Waals surface area contributed by atoms with Crippen LogP contribution in [0.3, 0.4) is 0 Å². The lowest BCUT2D eigenvalue weighted by molar-refractivity contribution is 0.138. The molecule has 0 bridgehead atoms. The summed E-state index contributed by atoms with van der Waals surface area (Å²) in [7, 11) is 0. The quantitative estimate of drug-likeness (QED) is 0.630. The Labute approximate surface area is 147 Å². The summed E-state index contributed by atoms with van der Waals surface area (Å²) in [4.78, 5) is 3.76. The average molecular weight is 325 g/mol. The topological polar surface area (TPSA) is 40.6 Å². The Balaban J connectivity index is 1.55. The molecule has 0 saturated heterocycles. The second-order valence-electron chi connectivity index (χ2n) is 5.03. The van der Waals surface area contributed by atoms with Gasteiger partial charge in [-0.2, -0.15) is 0 Å². The fraction of sp³-hybridized carbons (Fsp3) is 0.150. The molecule has 0 saturated carbocycles. The lowest BCUT2D eigenvalue weighted by Crippen LogP contribution is -2.21. The van der Waals surface area contributed by atoms with Gasteiger partial charge in [0.15, 0.2) is 0 Å². The summed E-state index contributed by atoms with van der Waals surface area (Å²) in [5.41, 5.74) is 0. The van der Waals surface area contributed by atoms with Crippen molar-refractivity contribution in [3.05, 3.63) is 78.9 Å². The molecule has 0 N–H and O–H groups in total. The van der Waals surface area contributed by atoms with Gasteiger partial charge >= 0.3 is 0 Å². The van der Waals surface area contributed by atoms with E-state index in [4.69, 9.17) is 19.7 Å². The first-order chi connectivity index (χ1) is 13.4. The van der Waals surface area contributed by atoms with Gasteiger partial charge in [0.1, 0.15) is 30.0 Å². The third-order valence-corrected chi connectivity index (χ3v) is 3.05. The molecule has 0 aliphatic rings. The Hall–Kier alpha value is -3.01. The summed E-state index contributed by atoms with van der Waals surface area (Å²) in [6, 6.07) is 15.5. The molecule has 1 atom stereocenters. The zero-order chi connectivity index (χ0) is 20.1. The summed E-state index contributed by atoms with van der Waals surface area (Å²) >= 11 is 0. The van der Waals surface area contributed by atoms with Gasteiger partial charge in [-0.1, -0.05) is 24.2 Å². The monoisotopic (exact) mass is 325 g/mol. The Morgan fingerprint density at radius 1 is 0.958 bits per heavy atom. The van der Waals surface area contributed by atoms with E-state index in [1.807, 2.05) is 30.3 Å². The smallest absolute Gasteiger partial charge is 0.213 e.